The molecule has 2 rings (SSSR count). The molecule has 1 aromatic heterocycles. The number of hydrogen-bond acceptors (Lipinski definition) is 2. The van der Waals surface area contributed by atoms with E-state index in [-0.39, 0.29) is 0 Å². The second-order valence-electron chi connectivity index (χ2n) is 4.18. The molecular formula is C10H13N3. The number of nitriles is 1. The highest BCUT2D eigenvalue weighted by atomic mass is 15.3. The smallest absolute Gasteiger partial charge is 0.0796 e. The lowest BCUT2D eigenvalue weighted by molar-refractivity contribution is 0.635. The second-order valence-corrected chi connectivity index (χ2v) is 4.18. The SMILES string of the molecule is CC(C)(C#N)c1cnn(C2CC2)c1. The minimum atomic E-state index is -0.410. The number of nitrogens with zero attached hydrogens (tertiary/aromatic N) is 3. The predicted octanol–water partition coefficient (Wildman–Crippen LogP) is 2.02. The Morgan fingerprint density at radius 3 is 2.85 bits per heavy atom. The van der Waals surface area contributed by atoms with Crippen LogP contribution in [0.3, 0.4) is 0 Å². The molecule has 0 unspecified atom stereocenters. The van der Waals surface area contributed by atoms with Crippen molar-refractivity contribution in [2.45, 2.75) is 38.1 Å². The molecule has 1 heterocycles. The van der Waals surface area contributed by atoms with Crippen LogP contribution in [0, 0.1) is 11.3 Å². The fraction of sp³-hybridized carbons (Fsp3) is 0.600. The van der Waals surface area contributed by atoms with Gasteiger partial charge in [0.25, 0.3) is 0 Å². The van der Waals surface area contributed by atoms with E-state index in [2.05, 4.69) is 11.2 Å². The van der Waals surface area contributed by atoms with Crippen LogP contribution in [0.1, 0.15) is 38.3 Å². The van der Waals surface area contributed by atoms with E-state index in [1.165, 1.54) is 12.8 Å². The van der Waals surface area contributed by atoms with Gasteiger partial charge in [-0.05, 0) is 26.7 Å². The van der Waals surface area contributed by atoms with Crippen LogP contribution >= 0.6 is 0 Å². The zero-order valence-corrected chi connectivity index (χ0v) is 7.99. The quantitative estimate of drug-likeness (QED) is 0.690. The van der Waals surface area contributed by atoms with Gasteiger partial charge in [0.1, 0.15) is 0 Å². The van der Waals surface area contributed by atoms with E-state index in [9.17, 15) is 0 Å². The van der Waals surface area contributed by atoms with Crippen LogP contribution in [0.4, 0.5) is 0 Å². The van der Waals surface area contributed by atoms with E-state index in [1.54, 1.807) is 0 Å². The molecule has 0 saturated heterocycles. The van der Waals surface area contributed by atoms with Gasteiger partial charge in [0.15, 0.2) is 0 Å². The zero-order valence-electron chi connectivity index (χ0n) is 7.99. The van der Waals surface area contributed by atoms with Crippen LogP contribution in [-0.2, 0) is 5.41 Å². The van der Waals surface area contributed by atoms with Crippen molar-refractivity contribution in [1.29, 1.82) is 5.26 Å². The maximum atomic E-state index is 8.92. The number of rotatable bonds is 2. The Morgan fingerprint density at radius 2 is 2.31 bits per heavy atom. The highest BCUT2D eigenvalue weighted by molar-refractivity contribution is 5.25. The van der Waals surface area contributed by atoms with Crippen molar-refractivity contribution in [2.75, 3.05) is 0 Å². The van der Waals surface area contributed by atoms with Crippen molar-refractivity contribution in [3.05, 3.63) is 18.0 Å². The third-order valence-electron chi connectivity index (χ3n) is 2.52. The lowest BCUT2D eigenvalue weighted by Crippen LogP contribution is -2.12. The third kappa shape index (κ3) is 1.44. The Bertz CT molecular complexity index is 352. The summed E-state index contributed by atoms with van der Waals surface area (Å²) in [6.45, 7) is 3.84. The Kier molecular flexibility index (Phi) is 1.66. The first kappa shape index (κ1) is 8.31. The van der Waals surface area contributed by atoms with E-state index < -0.39 is 5.41 Å². The summed E-state index contributed by atoms with van der Waals surface area (Å²) in [6.07, 6.45) is 6.27. The average Bonchev–Trinajstić information content (AvgIpc) is 2.83. The van der Waals surface area contributed by atoms with Crippen molar-refractivity contribution in [2.24, 2.45) is 0 Å². The molecule has 0 aliphatic heterocycles. The summed E-state index contributed by atoms with van der Waals surface area (Å²) in [5.74, 6) is 0. The molecule has 1 aliphatic rings. The summed E-state index contributed by atoms with van der Waals surface area (Å²) in [5, 5.41) is 13.2. The molecular weight excluding hydrogens is 162 g/mol. The molecule has 3 nitrogen and oxygen atoms in total. The van der Waals surface area contributed by atoms with Gasteiger partial charge < -0.3 is 0 Å². The normalized spacial score (nSPS) is 17.0. The van der Waals surface area contributed by atoms with Crippen LogP contribution in [0.2, 0.25) is 0 Å². The van der Waals surface area contributed by atoms with Gasteiger partial charge in [-0.3, -0.25) is 4.68 Å². The fourth-order valence-electron chi connectivity index (χ4n) is 1.26. The summed E-state index contributed by atoms with van der Waals surface area (Å²) in [7, 11) is 0. The van der Waals surface area contributed by atoms with Crippen LogP contribution in [0.25, 0.3) is 0 Å². The molecule has 1 aliphatic carbocycles. The van der Waals surface area contributed by atoms with Gasteiger partial charge in [-0.25, -0.2) is 0 Å². The van der Waals surface area contributed by atoms with Gasteiger partial charge >= 0.3 is 0 Å². The van der Waals surface area contributed by atoms with Crippen molar-refractivity contribution in [1.82, 2.24) is 9.78 Å². The van der Waals surface area contributed by atoms with E-state index >= 15 is 0 Å². The maximum absolute atomic E-state index is 8.92. The lowest BCUT2D eigenvalue weighted by atomic mass is 9.89. The molecule has 1 aromatic rings. The van der Waals surface area contributed by atoms with E-state index in [0.29, 0.717) is 6.04 Å². The van der Waals surface area contributed by atoms with Crippen LogP contribution < -0.4 is 0 Å². The molecule has 0 radical (unpaired) electrons. The molecule has 0 bridgehead atoms. The molecule has 0 aromatic carbocycles. The van der Waals surface area contributed by atoms with Gasteiger partial charge in [0.2, 0.25) is 0 Å². The molecule has 3 heteroatoms. The van der Waals surface area contributed by atoms with E-state index in [4.69, 9.17) is 5.26 Å². The van der Waals surface area contributed by atoms with E-state index in [0.717, 1.165) is 5.56 Å². The minimum Gasteiger partial charge on any atom is -0.269 e. The second kappa shape index (κ2) is 2.59. The van der Waals surface area contributed by atoms with Crippen LogP contribution in [-0.4, -0.2) is 9.78 Å². The van der Waals surface area contributed by atoms with Crippen LogP contribution in [0.5, 0.6) is 0 Å². The van der Waals surface area contributed by atoms with Gasteiger partial charge in [-0.1, -0.05) is 0 Å². The van der Waals surface area contributed by atoms with Crippen molar-refractivity contribution < 1.29 is 0 Å². The van der Waals surface area contributed by atoms with Gasteiger partial charge in [0.05, 0.1) is 23.7 Å². The summed E-state index contributed by atoms with van der Waals surface area (Å²) in [4.78, 5) is 0. The molecule has 0 atom stereocenters. The first-order valence-electron chi connectivity index (χ1n) is 4.59. The summed E-state index contributed by atoms with van der Waals surface area (Å²) >= 11 is 0. The first-order valence-corrected chi connectivity index (χ1v) is 4.59. The average molecular weight is 175 g/mol. The summed E-state index contributed by atoms with van der Waals surface area (Å²) in [6, 6.07) is 2.88. The Hall–Kier alpha value is -1.30. The Labute approximate surface area is 78.0 Å². The monoisotopic (exact) mass is 175 g/mol. The van der Waals surface area contributed by atoms with Crippen molar-refractivity contribution in [3.63, 3.8) is 0 Å². The molecule has 0 N–H and O–H groups in total. The summed E-state index contributed by atoms with van der Waals surface area (Å²) in [5.41, 5.74) is 0.606. The third-order valence-corrected chi connectivity index (χ3v) is 2.52. The lowest BCUT2D eigenvalue weighted by Gasteiger charge is -2.11. The molecule has 1 fully saturated rings. The fourth-order valence-corrected chi connectivity index (χ4v) is 1.26. The van der Waals surface area contributed by atoms with Gasteiger partial charge in [0, 0.05) is 11.8 Å². The van der Waals surface area contributed by atoms with Gasteiger partial charge in [-0.2, -0.15) is 10.4 Å². The molecule has 0 amide bonds. The maximum Gasteiger partial charge on any atom is 0.0796 e. The molecule has 0 spiro atoms. The Morgan fingerprint density at radius 1 is 1.62 bits per heavy atom. The number of aromatic nitrogens is 2. The van der Waals surface area contributed by atoms with Crippen molar-refractivity contribution >= 4 is 0 Å². The minimum absolute atomic E-state index is 0.410. The number of hydrogen-bond donors (Lipinski definition) is 0. The zero-order chi connectivity index (χ0) is 9.47. The highest BCUT2D eigenvalue weighted by Gasteiger charge is 2.27. The molecule has 13 heavy (non-hydrogen) atoms. The largest absolute Gasteiger partial charge is 0.269 e. The van der Waals surface area contributed by atoms with Crippen molar-refractivity contribution in [3.8, 4) is 6.07 Å². The molecule has 1 saturated carbocycles. The standard InChI is InChI=1S/C10H13N3/c1-10(2,7-11)8-5-12-13(6-8)9-3-4-9/h5-6,9H,3-4H2,1-2H3. The van der Waals surface area contributed by atoms with Gasteiger partial charge in [-0.15, -0.1) is 0 Å². The first-order chi connectivity index (χ1) is 6.13. The predicted molar refractivity (Wildman–Crippen MR) is 49.1 cm³/mol. The highest BCUT2D eigenvalue weighted by Crippen LogP contribution is 2.35. The Balaban J connectivity index is 2.27. The summed E-state index contributed by atoms with van der Waals surface area (Å²) < 4.78 is 1.98. The van der Waals surface area contributed by atoms with E-state index in [1.807, 2.05) is 30.9 Å². The van der Waals surface area contributed by atoms with Crippen LogP contribution in [0.15, 0.2) is 12.4 Å². The topological polar surface area (TPSA) is 41.6 Å². The molecule has 68 valence electrons.